The number of halogens is 6. The molecule has 33 heavy (non-hydrogen) atoms. The maximum Gasteiger partial charge on any atom is 0.416 e. The second-order valence-electron chi connectivity index (χ2n) is 6.91. The lowest BCUT2D eigenvalue weighted by molar-refractivity contribution is -0.143. The zero-order valence-corrected chi connectivity index (χ0v) is 17.3. The van der Waals surface area contributed by atoms with Crippen molar-refractivity contribution in [3.63, 3.8) is 0 Å². The van der Waals surface area contributed by atoms with E-state index in [0.717, 1.165) is 11.3 Å². The third-order valence-electron chi connectivity index (χ3n) is 4.43. The molecule has 0 spiro atoms. The Hall–Kier alpha value is -3.55. The molecule has 7 nitrogen and oxygen atoms in total. The first-order chi connectivity index (χ1) is 15.4. The van der Waals surface area contributed by atoms with Crippen LogP contribution in [0, 0.1) is 6.92 Å². The Labute approximate surface area is 185 Å². The molecule has 0 bridgehead atoms. The molecule has 0 radical (unpaired) electrons. The quantitative estimate of drug-likeness (QED) is 0.420. The van der Waals surface area contributed by atoms with E-state index in [9.17, 15) is 31.1 Å². The van der Waals surface area contributed by atoms with Crippen LogP contribution in [-0.2, 0) is 18.8 Å². The van der Waals surface area contributed by atoms with Crippen LogP contribution in [0.1, 0.15) is 37.9 Å². The number of rotatable bonds is 4. The van der Waals surface area contributed by atoms with Crippen LogP contribution in [-0.4, -0.2) is 30.5 Å². The number of hydrogen-bond acceptors (Lipinski definition) is 6. The number of alkyl halides is 6. The van der Waals surface area contributed by atoms with Gasteiger partial charge in [-0.2, -0.15) is 31.3 Å². The van der Waals surface area contributed by atoms with Crippen molar-refractivity contribution in [2.45, 2.75) is 25.7 Å². The van der Waals surface area contributed by atoms with Crippen molar-refractivity contribution in [1.82, 2.24) is 24.6 Å². The van der Waals surface area contributed by atoms with E-state index in [1.165, 1.54) is 16.9 Å². The molecule has 172 valence electrons. The van der Waals surface area contributed by atoms with E-state index < -0.39 is 29.4 Å². The summed E-state index contributed by atoms with van der Waals surface area (Å²) >= 11 is 0.904. The van der Waals surface area contributed by atoms with E-state index in [-0.39, 0.29) is 34.8 Å². The van der Waals surface area contributed by atoms with E-state index >= 15 is 0 Å². The molecule has 0 saturated carbocycles. The molecular formula is C19H12F6N6OS. The SMILES string of the molecule is Cc1ccnc2nc(C(=O)Nc3ncc(Cc4cc(C(F)(F)F)cc(C(F)(F)F)c4)s3)nn12. The summed E-state index contributed by atoms with van der Waals surface area (Å²) in [6, 6.07) is 3.06. The van der Waals surface area contributed by atoms with E-state index in [1.54, 1.807) is 13.0 Å². The standard InChI is InChI=1S/C19H12F6N6OS/c1-9-2-3-26-16-28-14(30-31(9)16)15(32)29-17-27-8-13(33-17)6-10-4-11(18(20,21)22)7-12(5-10)19(23,24)25/h2-5,7-8H,6H2,1H3,(H,27,29,32). The van der Waals surface area contributed by atoms with Gasteiger partial charge in [0.05, 0.1) is 11.1 Å². The Balaban J connectivity index is 1.54. The molecule has 0 aliphatic carbocycles. The topological polar surface area (TPSA) is 85.1 Å². The molecule has 3 heterocycles. The predicted octanol–water partition coefficient (Wildman–Crippen LogP) is 4.77. The lowest BCUT2D eigenvalue weighted by Gasteiger charge is -2.13. The smallest absolute Gasteiger partial charge is 0.295 e. The Morgan fingerprint density at radius 3 is 2.33 bits per heavy atom. The second-order valence-corrected chi connectivity index (χ2v) is 8.03. The Morgan fingerprint density at radius 2 is 1.73 bits per heavy atom. The van der Waals surface area contributed by atoms with Crippen LogP contribution in [0.3, 0.4) is 0 Å². The number of thiazole rings is 1. The van der Waals surface area contributed by atoms with E-state index in [0.29, 0.717) is 22.7 Å². The molecule has 0 fully saturated rings. The number of carbonyl (C=O) groups excluding carboxylic acids is 1. The summed E-state index contributed by atoms with van der Waals surface area (Å²) in [7, 11) is 0. The van der Waals surface area contributed by atoms with Gasteiger partial charge in [-0.3, -0.25) is 10.1 Å². The highest BCUT2D eigenvalue weighted by atomic mass is 32.1. The summed E-state index contributed by atoms with van der Waals surface area (Å²) in [5.74, 6) is -0.662. The van der Waals surface area contributed by atoms with Crippen molar-refractivity contribution in [2.75, 3.05) is 5.32 Å². The molecule has 1 amide bonds. The minimum atomic E-state index is -4.93. The van der Waals surface area contributed by atoms with Crippen LogP contribution in [0.2, 0.25) is 0 Å². The minimum Gasteiger partial charge on any atom is -0.295 e. The number of nitrogens with zero attached hydrogens (tertiary/aromatic N) is 5. The molecule has 0 unspecified atom stereocenters. The fourth-order valence-corrected chi connectivity index (χ4v) is 3.77. The molecule has 0 atom stereocenters. The highest BCUT2D eigenvalue weighted by Crippen LogP contribution is 2.37. The van der Waals surface area contributed by atoms with Crippen molar-refractivity contribution >= 4 is 28.2 Å². The Kier molecular flexibility index (Phi) is 5.56. The van der Waals surface area contributed by atoms with Gasteiger partial charge in [0.2, 0.25) is 5.82 Å². The fourth-order valence-electron chi connectivity index (χ4n) is 2.93. The number of aryl methyl sites for hydroxylation is 1. The number of nitrogens with one attached hydrogen (secondary N) is 1. The number of hydrogen-bond donors (Lipinski definition) is 1. The third kappa shape index (κ3) is 4.94. The second kappa shape index (κ2) is 8.10. The minimum absolute atomic E-state index is 0.0697. The van der Waals surface area contributed by atoms with Gasteiger partial charge in [0.15, 0.2) is 5.13 Å². The fraction of sp³-hybridized carbons (Fsp3) is 0.211. The number of aromatic nitrogens is 5. The van der Waals surface area contributed by atoms with Crippen LogP contribution in [0.15, 0.2) is 36.7 Å². The van der Waals surface area contributed by atoms with Crippen molar-refractivity contribution < 1.29 is 31.1 Å². The third-order valence-corrected chi connectivity index (χ3v) is 5.35. The molecule has 0 aliphatic heterocycles. The highest BCUT2D eigenvalue weighted by molar-refractivity contribution is 7.15. The van der Waals surface area contributed by atoms with Gasteiger partial charge >= 0.3 is 12.4 Å². The number of fused-ring (bicyclic) bond motifs is 1. The molecule has 0 saturated heterocycles. The summed E-state index contributed by atoms with van der Waals surface area (Å²) in [5.41, 5.74) is -2.29. The van der Waals surface area contributed by atoms with Crippen LogP contribution in [0.5, 0.6) is 0 Å². The van der Waals surface area contributed by atoms with Crippen LogP contribution in [0.4, 0.5) is 31.5 Å². The molecule has 4 aromatic rings. The zero-order chi connectivity index (χ0) is 24.0. The Morgan fingerprint density at radius 1 is 1.06 bits per heavy atom. The van der Waals surface area contributed by atoms with Crippen LogP contribution >= 0.6 is 11.3 Å². The number of benzene rings is 1. The van der Waals surface area contributed by atoms with Crippen LogP contribution in [0.25, 0.3) is 5.78 Å². The van der Waals surface area contributed by atoms with Gasteiger partial charge in [0.1, 0.15) is 0 Å². The molecule has 3 aromatic heterocycles. The predicted molar refractivity (Wildman–Crippen MR) is 105 cm³/mol. The van der Waals surface area contributed by atoms with Crippen LogP contribution < -0.4 is 5.32 Å². The average Bonchev–Trinajstić information content (AvgIpc) is 3.34. The molecule has 0 aliphatic rings. The summed E-state index contributed by atoms with van der Waals surface area (Å²) in [4.78, 5) is 24.7. The molecule has 1 aromatic carbocycles. The lowest BCUT2D eigenvalue weighted by Crippen LogP contribution is -2.13. The van der Waals surface area contributed by atoms with Crippen molar-refractivity contribution in [3.8, 4) is 0 Å². The van der Waals surface area contributed by atoms with Gasteiger partial charge in [-0.05, 0) is 36.8 Å². The first-order valence-corrected chi connectivity index (χ1v) is 9.94. The molecular weight excluding hydrogens is 474 g/mol. The normalized spacial score (nSPS) is 12.3. The largest absolute Gasteiger partial charge is 0.416 e. The van der Waals surface area contributed by atoms with Crippen molar-refractivity contribution in [1.29, 1.82) is 0 Å². The van der Waals surface area contributed by atoms with E-state index in [1.807, 2.05) is 0 Å². The van der Waals surface area contributed by atoms with Gasteiger partial charge in [-0.1, -0.05) is 0 Å². The molecule has 4 rings (SSSR count). The van der Waals surface area contributed by atoms with Gasteiger partial charge in [-0.25, -0.2) is 14.5 Å². The summed E-state index contributed by atoms with van der Waals surface area (Å²) in [6.45, 7) is 1.75. The summed E-state index contributed by atoms with van der Waals surface area (Å²) in [6.07, 6.45) is -7.34. The Bertz CT molecular complexity index is 1310. The van der Waals surface area contributed by atoms with Gasteiger partial charge in [-0.15, -0.1) is 16.4 Å². The summed E-state index contributed by atoms with van der Waals surface area (Å²) < 4.78 is 79.6. The van der Waals surface area contributed by atoms with Crippen molar-refractivity contribution in [2.24, 2.45) is 0 Å². The lowest BCUT2D eigenvalue weighted by atomic mass is 10.0. The first-order valence-electron chi connectivity index (χ1n) is 9.13. The maximum absolute atomic E-state index is 13.0. The average molecular weight is 486 g/mol. The van der Waals surface area contributed by atoms with Crippen molar-refractivity contribution in [3.05, 3.63) is 69.7 Å². The first kappa shape index (κ1) is 22.6. The number of amides is 1. The van der Waals surface area contributed by atoms with E-state index in [2.05, 4.69) is 25.4 Å². The maximum atomic E-state index is 13.0. The number of carbonyl (C=O) groups is 1. The molecule has 14 heteroatoms. The summed E-state index contributed by atoms with van der Waals surface area (Å²) in [5, 5.41) is 6.59. The highest BCUT2D eigenvalue weighted by Gasteiger charge is 2.36. The van der Waals surface area contributed by atoms with Gasteiger partial charge in [0, 0.05) is 29.4 Å². The molecule has 1 N–H and O–H groups in total. The van der Waals surface area contributed by atoms with E-state index in [4.69, 9.17) is 0 Å². The monoisotopic (exact) mass is 486 g/mol. The number of anilines is 1. The van der Waals surface area contributed by atoms with Gasteiger partial charge < -0.3 is 0 Å². The zero-order valence-electron chi connectivity index (χ0n) is 16.5. The van der Waals surface area contributed by atoms with Gasteiger partial charge in [0.25, 0.3) is 11.7 Å².